The largest absolute Gasteiger partial charge is 0.326 e. The first-order valence-corrected chi connectivity index (χ1v) is 10.2. The molecule has 9 heteroatoms. The van der Waals surface area contributed by atoms with Crippen molar-refractivity contribution in [2.75, 3.05) is 36.8 Å². The van der Waals surface area contributed by atoms with Crippen LogP contribution in [0.2, 0.25) is 0 Å². The minimum absolute atomic E-state index is 0.186. The van der Waals surface area contributed by atoms with Crippen LogP contribution in [0.5, 0.6) is 0 Å². The van der Waals surface area contributed by atoms with Gasteiger partial charge in [-0.05, 0) is 43.0 Å². The molecule has 9 nitrogen and oxygen atoms in total. The molecule has 2 saturated heterocycles. The van der Waals surface area contributed by atoms with Crippen LogP contribution in [-0.2, 0) is 14.4 Å². The van der Waals surface area contributed by atoms with Gasteiger partial charge in [0.15, 0.2) is 0 Å². The van der Waals surface area contributed by atoms with Gasteiger partial charge in [-0.3, -0.25) is 19.3 Å². The quantitative estimate of drug-likeness (QED) is 0.612. The van der Waals surface area contributed by atoms with Crippen molar-refractivity contribution in [1.29, 1.82) is 0 Å². The number of imide groups is 1. The summed E-state index contributed by atoms with van der Waals surface area (Å²) in [6.45, 7) is 7.83. The van der Waals surface area contributed by atoms with Crippen LogP contribution in [0, 0.1) is 5.92 Å². The Morgan fingerprint density at radius 1 is 1.07 bits per heavy atom. The SMILES string of the molecule is CC(=O)Nc1ccc(NC(=O)CN2C(=O)NC3(CCN(CC(C)C)CC3)C2=O)cc1. The Bertz CT molecular complexity index is 828. The van der Waals surface area contributed by atoms with E-state index in [0.717, 1.165) is 24.5 Å². The highest BCUT2D eigenvalue weighted by atomic mass is 16.2. The highest BCUT2D eigenvalue weighted by molar-refractivity contribution is 6.10. The summed E-state index contributed by atoms with van der Waals surface area (Å²) in [5.41, 5.74) is 0.225. The van der Waals surface area contributed by atoms with Gasteiger partial charge in [0.1, 0.15) is 12.1 Å². The molecule has 0 aliphatic carbocycles. The second-order valence-electron chi connectivity index (χ2n) is 8.40. The summed E-state index contributed by atoms with van der Waals surface area (Å²) in [5.74, 6) is -0.428. The summed E-state index contributed by atoms with van der Waals surface area (Å²) in [6.07, 6.45) is 1.10. The predicted octanol–water partition coefficient (Wildman–Crippen LogP) is 1.63. The monoisotopic (exact) mass is 415 g/mol. The van der Waals surface area contributed by atoms with Crippen LogP contribution in [0.25, 0.3) is 0 Å². The first-order chi connectivity index (χ1) is 14.2. The Morgan fingerprint density at radius 2 is 1.63 bits per heavy atom. The van der Waals surface area contributed by atoms with Gasteiger partial charge in [-0.15, -0.1) is 0 Å². The smallest absolute Gasteiger partial charge is 0.325 e. The highest BCUT2D eigenvalue weighted by Gasteiger charge is 2.52. The molecule has 2 aliphatic heterocycles. The zero-order valence-electron chi connectivity index (χ0n) is 17.7. The molecule has 2 heterocycles. The van der Waals surface area contributed by atoms with Crippen LogP contribution in [0.15, 0.2) is 24.3 Å². The lowest BCUT2D eigenvalue weighted by molar-refractivity contribution is -0.135. The number of likely N-dealkylation sites (tertiary alicyclic amines) is 1. The zero-order chi connectivity index (χ0) is 21.9. The molecule has 0 saturated carbocycles. The molecule has 5 amide bonds. The van der Waals surface area contributed by atoms with Crippen LogP contribution >= 0.6 is 0 Å². The van der Waals surface area contributed by atoms with Gasteiger partial charge in [-0.2, -0.15) is 0 Å². The standard InChI is InChI=1S/C21H29N5O4/c1-14(2)12-25-10-8-21(9-11-25)19(29)26(20(30)24-21)13-18(28)23-17-6-4-16(5-7-17)22-15(3)27/h4-7,14H,8-13H2,1-3H3,(H,22,27)(H,23,28)(H,24,30). The summed E-state index contributed by atoms with van der Waals surface area (Å²) in [7, 11) is 0. The lowest BCUT2D eigenvalue weighted by atomic mass is 9.87. The number of hydrogen-bond donors (Lipinski definition) is 3. The molecule has 2 aliphatic rings. The number of carbonyl (C=O) groups excluding carboxylic acids is 4. The molecule has 3 rings (SSSR count). The number of urea groups is 1. The maximum atomic E-state index is 13.0. The van der Waals surface area contributed by atoms with E-state index in [4.69, 9.17) is 0 Å². The van der Waals surface area contributed by atoms with Gasteiger partial charge in [-0.25, -0.2) is 4.79 Å². The van der Waals surface area contributed by atoms with Gasteiger partial charge in [0.2, 0.25) is 11.8 Å². The van der Waals surface area contributed by atoms with E-state index in [1.54, 1.807) is 24.3 Å². The van der Waals surface area contributed by atoms with Crippen molar-refractivity contribution in [1.82, 2.24) is 15.1 Å². The molecule has 0 unspecified atom stereocenters. The average Bonchev–Trinajstić information content (AvgIpc) is 2.89. The van der Waals surface area contributed by atoms with E-state index in [2.05, 4.69) is 34.7 Å². The highest BCUT2D eigenvalue weighted by Crippen LogP contribution is 2.29. The van der Waals surface area contributed by atoms with Crippen molar-refractivity contribution in [3.05, 3.63) is 24.3 Å². The molecule has 0 atom stereocenters. The van der Waals surface area contributed by atoms with Crippen molar-refractivity contribution in [2.24, 2.45) is 5.92 Å². The van der Waals surface area contributed by atoms with Crippen molar-refractivity contribution < 1.29 is 19.2 Å². The van der Waals surface area contributed by atoms with Gasteiger partial charge in [-0.1, -0.05) is 13.8 Å². The van der Waals surface area contributed by atoms with E-state index in [1.807, 2.05) is 0 Å². The van der Waals surface area contributed by atoms with Gasteiger partial charge in [0.25, 0.3) is 5.91 Å². The van der Waals surface area contributed by atoms with Crippen LogP contribution in [0.4, 0.5) is 16.2 Å². The summed E-state index contributed by atoms with van der Waals surface area (Å²) in [5, 5.41) is 8.15. The fourth-order valence-electron chi connectivity index (χ4n) is 3.98. The Morgan fingerprint density at radius 3 is 2.17 bits per heavy atom. The molecule has 162 valence electrons. The Hall–Kier alpha value is -2.94. The normalized spacial score (nSPS) is 18.6. The molecule has 0 bridgehead atoms. The fourth-order valence-corrected chi connectivity index (χ4v) is 3.98. The molecule has 0 aromatic heterocycles. The maximum Gasteiger partial charge on any atom is 0.325 e. The number of nitrogens with one attached hydrogen (secondary N) is 3. The Labute approximate surface area is 176 Å². The number of anilines is 2. The molecule has 1 spiro atoms. The predicted molar refractivity (Wildman–Crippen MR) is 113 cm³/mol. The molecule has 1 aromatic carbocycles. The van der Waals surface area contributed by atoms with Crippen molar-refractivity contribution in [3.8, 4) is 0 Å². The van der Waals surface area contributed by atoms with Crippen LogP contribution in [0.1, 0.15) is 33.6 Å². The molecule has 2 fully saturated rings. The molecule has 30 heavy (non-hydrogen) atoms. The van der Waals surface area contributed by atoms with E-state index in [0.29, 0.717) is 30.1 Å². The minimum Gasteiger partial charge on any atom is -0.326 e. The third-order valence-corrected chi connectivity index (χ3v) is 5.37. The minimum atomic E-state index is -0.898. The number of piperidine rings is 1. The average molecular weight is 415 g/mol. The fraction of sp³-hybridized carbons (Fsp3) is 0.524. The van der Waals surface area contributed by atoms with Gasteiger partial charge in [0, 0.05) is 37.9 Å². The van der Waals surface area contributed by atoms with Gasteiger partial charge < -0.3 is 20.9 Å². The molecule has 1 aromatic rings. The number of rotatable bonds is 6. The van der Waals surface area contributed by atoms with E-state index in [-0.39, 0.29) is 18.4 Å². The Balaban J connectivity index is 1.56. The van der Waals surface area contributed by atoms with Crippen molar-refractivity contribution >= 4 is 35.1 Å². The van der Waals surface area contributed by atoms with Crippen LogP contribution < -0.4 is 16.0 Å². The lowest BCUT2D eigenvalue weighted by Crippen LogP contribution is -2.55. The number of amides is 5. The number of hydrogen-bond acceptors (Lipinski definition) is 5. The zero-order valence-corrected chi connectivity index (χ0v) is 17.7. The number of carbonyl (C=O) groups is 4. The number of nitrogens with zero attached hydrogens (tertiary/aromatic N) is 2. The summed E-state index contributed by atoms with van der Waals surface area (Å²) >= 11 is 0. The first kappa shape index (κ1) is 21.8. The van der Waals surface area contributed by atoms with E-state index < -0.39 is 17.5 Å². The van der Waals surface area contributed by atoms with Crippen molar-refractivity contribution in [2.45, 2.75) is 39.2 Å². The second-order valence-corrected chi connectivity index (χ2v) is 8.40. The van der Waals surface area contributed by atoms with Crippen molar-refractivity contribution in [3.63, 3.8) is 0 Å². The van der Waals surface area contributed by atoms with Crippen LogP contribution in [-0.4, -0.2) is 65.3 Å². The molecular weight excluding hydrogens is 386 g/mol. The summed E-state index contributed by atoms with van der Waals surface area (Å²) < 4.78 is 0. The molecule has 0 radical (unpaired) electrons. The van der Waals surface area contributed by atoms with Gasteiger partial charge >= 0.3 is 6.03 Å². The molecular formula is C21H29N5O4. The second kappa shape index (κ2) is 8.83. The Kier molecular flexibility index (Phi) is 6.40. The van der Waals surface area contributed by atoms with Gasteiger partial charge in [0.05, 0.1) is 0 Å². The van der Waals surface area contributed by atoms with E-state index in [9.17, 15) is 19.2 Å². The lowest BCUT2D eigenvalue weighted by Gasteiger charge is -2.37. The number of benzene rings is 1. The summed E-state index contributed by atoms with van der Waals surface area (Å²) in [6, 6.07) is 6.07. The van der Waals surface area contributed by atoms with E-state index in [1.165, 1.54) is 6.92 Å². The molecule has 3 N–H and O–H groups in total. The maximum absolute atomic E-state index is 13.0. The topological polar surface area (TPSA) is 111 Å². The van der Waals surface area contributed by atoms with E-state index >= 15 is 0 Å². The first-order valence-electron chi connectivity index (χ1n) is 10.2. The summed E-state index contributed by atoms with van der Waals surface area (Å²) in [4.78, 5) is 52.1. The third-order valence-electron chi connectivity index (χ3n) is 5.37. The van der Waals surface area contributed by atoms with Crippen LogP contribution in [0.3, 0.4) is 0 Å². The third kappa shape index (κ3) is 4.96.